The zero-order chi connectivity index (χ0) is 14.8. The molecule has 1 saturated heterocycles. The molecule has 0 saturated carbocycles. The molecule has 5 nitrogen and oxygen atoms in total. The summed E-state index contributed by atoms with van der Waals surface area (Å²) in [6.07, 6.45) is 6.59. The molecule has 1 fully saturated rings. The zero-order valence-electron chi connectivity index (χ0n) is 12.6. The summed E-state index contributed by atoms with van der Waals surface area (Å²) in [7, 11) is 0. The van der Waals surface area contributed by atoms with Gasteiger partial charge in [-0.2, -0.15) is 4.98 Å². The van der Waals surface area contributed by atoms with Crippen LogP contribution in [0.2, 0.25) is 0 Å². The lowest BCUT2D eigenvalue weighted by Gasteiger charge is -2.12. The summed E-state index contributed by atoms with van der Waals surface area (Å²) >= 11 is 0. The van der Waals surface area contributed by atoms with E-state index in [0.717, 1.165) is 41.7 Å². The molecule has 22 heavy (non-hydrogen) atoms. The number of aryl methyl sites for hydroxylation is 1. The van der Waals surface area contributed by atoms with Crippen LogP contribution in [0.5, 0.6) is 0 Å². The number of likely N-dealkylation sites (tertiary alicyclic amines) is 1. The molecule has 3 aromatic rings. The van der Waals surface area contributed by atoms with Crippen LogP contribution in [0, 0.1) is 0 Å². The van der Waals surface area contributed by atoms with E-state index in [-0.39, 0.29) is 0 Å². The van der Waals surface area contributed by atoms with Gasteiger partial charge in [0.05, 0.1) is 0 Å². The van der Waals surface area contributed by atoms with Gasteiger partial charge in [0.15, 0.2) is 5.82 Å². The van der Waals surface area contributed by atoms with E-state index in [1.807, 2.05) is 24.4 Å². The number of hydrogen-bond acceptors (Lipinski definition) is 4. The third-order valence-electron chi connectivity index (χ3n) is 4.34. The maximum absolute atomic E-state index is 5.41. The number of nitrogens with zero attached hydrogens (tertiary/aromatic N) is 3. The Hall–Kier alpha value is -2.14. The third kappa shape index (κ3) is 2.76. The monoisotopic (exact) mass is 296 g/mol. The quantitative estimate of drug-likeness (QED) is 0.785. The van der Waals surface area contributed by atoms with Gasteiger partial charge in [0, 0.05) is 29.1 Å². The van der Waals surface area contributed by atoms with Gasteiger partial charge in [-0.3, -0.25) is 0 Å². The molecule has 0 bridgehead atoms. The first-order valence-corrected chi connectivity index (χ1v) is 8.01. The molecule has 1 aromatic carbocycles. The van der Waals surface area contributed by atoms with Crippen molar-refractivity contribution in [2.24, 2.45) is 0 Å². The summed E-state index contributed by atoms with van der Waals surface area (Å²) < 4.78 is 5.41. The van der Waals surface area contributed by atoms with Crippen molar-refractivity contribution in [2.45, 2.75) is 25.7 Å². The van der Waals surface area contributed by atoms with Crippen molar-refractivity contribution in [3.63, 3.8) is 0 Å². The standard InChI is InChI=1S/C17H20N4O/c1-2-10-21(9-1)11-3-4-16-19-17(22-20-16)14-5-6-15-13(12-14)7-8-18-15/h5-8,12,18H,1-4,9-11H2. The van der Waals surface area contributed by atoms with E-state index in [4.69, 9.17) is 4.52 Å². The molecule has 5 heteroatoms. The number of nitrogens with one attached hydrogen (secondary N) is 1. The summed E-state index contributed by atoms with van der Waals surface area (Å²) in [6, 6.07) is 8.18. The number of aromatic nitrogens is 3. The van der Waals surface area contributed by atoms with E-state index in [1.165, 1.54) is 25.9 Å². The molecule has 3 heterocycles. The van der Waals surface area contributed by atoms with Gasteiger partial charge < -0.3 is 14.4 Å². The van der Waals surface area contributed by atoms with Crippen molar-refractivity contribution in [3.8, 4) is 11.5 Å². The van der Waals surface area contributed by atoms with Gasteiger partial charge in [0.25, 0.3) is 5.89 Å². The molecule has 0 spiro atoms. The van der Waals surface area contributed by atoms with Crippen molar-refractivity contribution >= 4 is 10.9 Å². The molecular weight excluding hydrogens is 276 g/mol. The van der Waals surface area contributed by atoms with E-state index in [2.05, 4.69) is 26.1 Å². The highest BCUT2D eigenvalue weighted by molar-refractivity contribution is 5.83. The smallest absolute Gasteiger partial charge is 0.257 e. The van der Waals surface area contributed by atoms with Crippen molar-refractivity contribution in [3.05, 3.63) is 36.3 Å². The highest BCUT2D eigenvalue weighted by atomic mass is 16.5. The molecule has 4 rings (SSSR count). The largest absolute Gasteiger partial charge is 0.361 e. The molecule has 2 aromatic heterocycles. The predicted molar refractivity (Wildman–Crippen MR) is 85.6 cm³/mol. The van der Waals surface area contributed by atoms with Gasteiger partial charge >= 0.3 is 0 Å². The first-order chi connectivity index (χ1) is 10.9. The summed E-state index contributed by atoms with van der Waals surface area (Å²) in [4.78, 5) is 10.2. The summed E-state index contributed by atoms with van der Waals surface area (Å²) in [6.45, 7) is 3.63. The van der Waals surface area contributed by atoms with E-state index < -0.39 is 0 Å². The fourth-order valence-corrected chi connectivity index (χ4v) is 3.13. The van der Waals surface area contributed by atoms with Crippen LogP contribution < -0.4 is 0 Å². The maximum atomic E-state index is 5.41. The van der Waals surface area contributed by atoms with Crippen LogP contribution in [-0.2, 0) is 6.42 Å². The Morgan fingerprint density at radius 3 is 3.00 bits per heavy atom. The minimum atomic E-state index is 0.610. The lowest BCUT2D eigenvalue weighted by Crippen LogP contribution is -2.20. The first-order valence-electron chi connectivity index (χ1n) is 8.01. The van der Waals surface area contributed by atoms with Gasteiger partial charge in [-0.1, -0.05) is 5.16 Å². The SMILES string of the molecule is c1cc2cc(-c3nc(CCCN4CCCC4)no3)ccc2[nH]1. The predicted octanol–water partition coefficient (Wildman–Crippen LogP) is 3.25. The summed E-state index contributed by atoms with van der Waals surface area (Å²) in [5.74, 6) is 1.42. The lowest BCUT2D eigenvalue weighted by atomic mass is 10.1. The second-order valence-electron chi connectivity index (χ2n) is 5.95. The fourth-order valence-electron chi connectivity index (χ4n) is 3.13. The summed E-state index contributed by atoms with van der Waals surface area (Å²) in [5.41, 5.74) is 2.10. The Morgan fingerprint density at radius 1 is 1.18 bits per heavy atom. The van der Waals surface area contributed by atoms with Crippen molar-refractivity contribution in [1.29, 1.82) is 0 Å². The van der Waals surface area contributed by atoms with Crippen LogP contribution >= 0.6 is 0 Å². The van der Waals surface area contributed by atoms with Gasteiger partial charge in [-0.15, -0.1) is 0 Å². The topological polar surface area (TPSA) is 58.0 Å². The van der Waals surface area contributed by atoms with Crippen LogP contribution in [-0.4, -0.2) is 39.7 Å². The number of aromatic amines is 1. The summed E-state index contributed by atoms with van der Waals surface area (Å²) in [5, 5.41) is 5.27. The number of fused-ring (bicyclic) bond motifs is 1. The average Bonchev–Trinajstić information content (AvgIpc) is 3.28. The Bertz CT molecular complexity index is 755. The molecule has 114 valence electrons. The molecule has 1 aliphatic heterocycles. The normalized spacial score (nSPS) is 15.8. The Morgan fingerprint density at radius 2 is 2.09 bits per heavy atom. The number of rotatable bonds is 5. The van der Waals surface area contributed by atoms with E-state index in [9.17, 15) is 0 Å². The van der Waals surface area contributed by atoms with Gasteiger partial charge in [-0.05, 0) is 63.2 Å². The van der Waals surface area contributed by atoms with Crippen LogP contribution in [0.15, 0.2) is 35.0 Å². The Labute approximate surface area is 129 Å². The van der Waals surface area contributed by atoms with Crippen molar-refractivity contribution in [1.82, 2.24) is 20.0 Å². The molecule has 0 unspecified atom stereocenters. The lowest BCUT2D eigenvalue weighted by molar-refractivity contribution is 0.331. The first kappa shape index (κ1) is 13.5. The second kappa shape index (κ2) is 5.93. The van der Waals surface area contributed by atoms with Crippen molar-refractivity contribution < 1.29 is 4.52 Å². The van der Waals surface area contributed by atoms with Crippen LogP contribution in [0.3, 0.4) is 0 Å². The Balaban J connectivity index is 1.41. The zero-order valence-corrected chi connectivity index (χ0v) is 12.6. The average molecular weight is 296 g/mol. The Kier molecular flexibility index (Phi) is 3.64. The molecule has 0 amide bonds. The molecule has 0 aliphatic carbocycles. The minimum Gasteiger partial charge on any atom is -0.361 e. The molecular formula is C17H20N4O. The van der Waals surface area contributed by atoms with E-state index in [0.29, 0.717) is 5.89 Å². The fraction of sp³-hybridized carbons (Fsp3) is 0.412. The molecule has 0 radical (unpaired) electrons. The highest BCUT2D eigenvalue weighted by Gasteiger charge is 2.13. The van der Waals surface area contributed by atoms with Crippen molar-refractivity contribution in [2.75, 3.05) is 19.6 Å². The number of benzene rings is 1. The highest BCUT2D eigenvalue weighted by Crippen LogP contribution is 2.22. The molecule has 0 atom stereocenters. The van der Waals surface area contributed by atoms with Crippen LogP contribution in [0.4, 0.5) is 0 Å². The van der Waals surface area contributed by atoms with E-state index >= 15 is 0 Å². The number of H-pyrrole nitrogens is 1. The second-order valence-corrected chi connectivity index (χ2v) is 5.95. The number of hydrogen-bond donors (Lipinski definition) is 1. The molecule has 1 N–H and O–H groups in total. The maximum Gasteiger partial charge on any atom is 0.257 e. The van der Waals surface area contributed by atoms with Crippen LogP contribution in [0.1, 0.15) is 25.1 Å². The van der Waals surface area contributed by atoms with Gasteiger partial charge in [0.2, 0.25) is 0 Å². The van der Waals surface area contributed by atoms with E-state index in [1.54, 1.807) is 0 Å². The molecule has 1 aliphatic rings. The van der Waals surface area contributed by atoms with Crippen LogP contribution in [0.25, 0.3) is 22.4 Å². The third-order valence-corrected chi connectivity index (χ3v) is 4.34. The minimum absolute atomic E-state index is 0.610. The van der Waals surface area contributed by atoms with Gasteiger partial charge in [-0.25, -0.2) is 0 Å². The van der Waals surface area contributed by atoms with Gasteiger partial charge in [0.1, 0.15) is 0 Å².